The molecule has 3 rings (SSSR count). The maximum atomic E-state index is 5.97. The largest absolute Gasteiger partial charge is 0.307 e. The normalized spacial score (nSPS) is 22.8. The lowest BCUT2D eigenvalue weighted by Crippen LogP contribution is -2.32. The Bertz CT molecular complexity index is 392. The van der Waals surface area contributed by atoms with Gasteiger partial charge in [0.2, 0.25) is 0 Å². The highest BCUT2D eigenvalue weighted by molar-refractivity contribution is 6.30. The molecular weight excluding hydrogens is 242 g/mol. The van der Waals surface area contributed by atoms with E-state index in [4.69, 9.17) is 11.6 Å². The van der Waals surface area contributed by atoms with Crippen LogP contribution in [-0.2, 0) is 0 Å². The molecule has 0 amide bonds. The molecule has 0 aliphatic heterocycles. The maximum Gasteiger partial charge on any atom is 0.0406 e. The topological polar surface area (TPSA) is 12.0 Å². The highest BCUT2D eigenvalue weighted by Gasteiger charge is 2.34. The first-order chi connectivity index (χ1) is 8.72. The Kier molecular flexibility index (Phi) is 3.63. The van der Waals surface area contributed by atoms with Crippen LogP contribution in [0.4, 0.5) is 0 Å². The van der Waals surface area contributed by atoms with Crippen LogP contribution in [0.2, 0.25) is 5.02 Å². The molecule has 1 aromatic carbocycles. The summed E-state index contributed by atoms with van der Waals surface area (Å²) in [4.78, 5) is 0. The number of hydrogen-bond acceptors (Lipinski definition) is 1. The second-order valence-electron chi connectivity index (χ2n) is 6.11. The van der Waals surface area contributed by atoms with Crippen LogP contribution < -0.4 is 5.32 Å². The Labute approximate surface area is 115 Å². The van der Waals surface area contributed by atoms with Crippen molar-refractivity contribution in [2.75, 3.05) is 0 Å². The smallest absolute Gasteiger partial charge is 0.0406 e. The molecule has 1 N–H and O–H groups in total. The minimum atomic E-state index is 0.538. The van der Waals surface area contributed by atoms with Gasteiger partial charge in [-0.1, -0.05) is 36.6 Å². The van der Waals surface area contributed by atoms with Crippen molar-refractivity contribution in [1.82, 2.24) is 5.32 Å². The molecule has 0 spiro atoms. The third-order valence-electron chi connectivity index (χ3n) is 4.17. The fourth-order valence-electron chi connectivity index (χ4n) is 2.83. The number of nitrogens with one attached hydrogen (secondary N) is 1. The average molecular weight is 264 g/mol. The van der Waals surface area contributed by atoms with Crippen LogP contribution in [0, 0.1) is 11.8 Å². The van der Waals surface area contributed by atoms with E-state index in [0.29, 0.717) is 12.1 Å². The fourth-order valence-corrected chi connectivity index (χ4v) is 2.96. The van der Waals surface area contributed by atoms with E-state index in [1.54, 1.807) is 0 Å². The predicted octanol–water partition coefficient (Wildman–Crippen LogP) is 4.57. The van der Waals surface area contributed by atoms with Gasteiger partial charge < -0.3 is 5.32 Å². The average Bonchev–Trinajstić information content (AvgIpc) is 3.21. The summed E-state index contributed by atoms with van der Waals surface area (Å²) in [7, 11) is 0. The molecule has 2 aliphatic carbocycles. The minimum absolute atomic E-state index is 0.538. The number of halogens is 1. The van der Waals surface area contributed by atoms with Crippen molar-refractivity contribution in [2.45, 2.75) is 51.1 Å². The lowest BCUT2D eigenvalue weighted by Gasteiger charge is -2.24. The molecule has 0 saturated heterocycles. The van der Waals surface area contributed by atoms with Crippen molar-refractivity contribution in [3.05, 3.63) is 34.9 Å². The molecule has 2 fully saturated rings. The van der Waals surface area contributed by atoms with E-state index in [-0.39, 0.29) is 0 Å². The third kappa shape index (κ3) is 3.27. The SMILES string of the molecule is CC(CC1CC1)NC(c1ccc(Cl)cc1)C1CC1. The summed E-state index contributed by atoms with van der Waals surface area (Å²) in [5, 5.41) is 4.68. The molecular formula is C16H22ClN. The lowest BCUT2D eigenvalue weighted by atomic mass is 10.0. The van der Waals surface area contributed by atoms with E-state index < -0.39 is 0 Å². The zero-order chi connectivity index (χ0) is 12.5. The molecule has 1 nitrogen and oxygen atoms in total. The van der Waals surface area contributed by atoms with E-state index in [0.717, 1.165) is 16.9 Å². The first-order valence-electron chi connectivity index (χ1n) is 7.24. The first kappa shape index (κ1) is 12.5. The van der Waals surface area contributed by atoms with E-state index in [1.165, 1.54) is 37.7 Å². The molecule has 2 unspecified atom stereocenters. The summed E-state index contributed by atoms with van der Waals surface area (Å²) >= 11 is 5.97. The van der Waals surface area contributed by atoms with Crippen LogP contribution in [-0.4, -0.2) is 6.04 Å². The zero-order valence-corrected chi connectivity index (χ0v) is 11.8. The number of hydrogen-bond donors (Lipinski definition) is 1. The van der Waals surface area contributed by atoms with Crippen LogP contribution in [0.15, 0.2) is 24.3 Å². The van der Waals surface area contributed by atoms with Crippen molar-refractivity contribution in [2.24, 2.45) is 11.8 Å². The van der Waals surface area contributed by atoms with Crippen LogP contribution in [0.25, 0.3) is 0 Å². The summed E-state index contributed by atoms with van der Waals surface area (Å²) in [5.74, 6) is 1.84. The predicted molar refractivity (Wildman–Crippen MR) is 76.9 cm³/mol. The van der Waals surface area contributed by atoms with Gasteiger partial charge in [0.15, 0.2) is 0 Å². The summed E-state index contributed by atoms with van der Waals surface area (Å²) in [6, 6.07) is 9.57. The van der Waals surface area contributed by atoms with Crippen molar-refractivity contribution in [1.29, 1.82) is 0 Å². The molecule has 18 heavy (non-hydrogen) atoms. The van der Waals surface area contributed by atoms with Gasteiger partial charge >= 0.3 is 0 Å². The molecule has 2 atom stereocenters. The Morgan fingerprint density at radius 2 is 1.83 bits per heavy atom. The first-order valence-corrected chi connectivity index (χ1v) is 7.61. The van der Waals surface area contributed by atoms with Gasteiger partial charge in [0, 0.05) is 17.1 Å². The molecule has 1 aromatic rings. The van der Waals surface area contributed by atoms with Gasteiger partial charge in [-0.25, -0.2) is 0 Å². The number of rotatable bonds is 6. The Balaban J connectivity index is 1.65. The van der Waals surface area contributed by atoms with Gasteiger partial charge in [-0.05, 0) is 55.7 Å². The van der Waals surface area contributed by atoms with Crippen LogP contribution in [0.3, 0.4) is 0 Å². The highest BCUT2D eigenvalue weighted by Crippen LogP contribution is 2.42. The van der Waals surface area contributed by atoms with E-state index >= 15 is 0 Å². The molecule has 98 valence electrons. The summed E-state index contributed by atoms with van der Waals surface area (Å²) < 4.78 is 0. The molecule has 0 aromatic heterocycles. The maximum absolute atomic E-state index is 5.97. The van der Waals surface area contributed by atoms with Gasteiger partial charge in [0.05, 0.1) is 0 Å². The van der Waals surface area contributed by atoms with Crippen molar-refractivity contribution < 1.29 is 0 Å². The van der Waals surface area contributed by atoms with Gasteiger partial charge in [0.25, 0.3) is 0 Å². The van der Waals surface area contributed by atoms with E-state index in [1.807, 2.05) is 12.1 Å². The van der Waals surface area contributed by atoms with E-state index in [2.05, 4.69) is 24.4 Å². The Hall–Kier alpha value is -0.530. The quantitative estimate of drug-likeness (QED) is 0.793. The van der Waals surface area contributed by atoms with Crippen molar-refractivity contribution in [3.63, 3.8) is 0 Å². The van der Waals surface area contributed by atoms with Crippen LogP contribution in [0.1, 0.15) is 50.6 Å². The Morgan fingerprint density at radius 3 is 2.39 bits per heavy atom. The molecule has 2 saturated carbocycles. The summed E-state index contributed by atoms with van der Waals surface area (Å²) in [6.45, 7) is 2.34. The van der Waals surface area contributed by atoms with Gasteiger partial charge in [-0.3, -0.25) is 0 Å². The molecule has 0 radical (unpaired) electrons. The molecule has 2 aliphatic rings. The van der Waals surface area contributed by atoms with Crippen molar-refractivity contribution >= 4 is 11.6 Å². The monoisotopic (exact) mass is 263 g/mol. The molecule has 0 bridgehead atoms. The summed E-state index contributed by atoms with van der Waals surface area (Å²) in [6.07, 6.45) is 6.98. The van der Waals surface area contributed by atoms with Gasteiger partial charge in [0.1, 0.15) is 0 Å². The molecule has 0 heterocycles. The fraction of sp³-hybridized carbons (Fsp3) is 0.625. The summed E-state index contributed by atoms with van der Waals surface area (Å²) in [5.41, 5.74) is 1.41. The Morgan fingerprint density at radius 1 is 1.17 bits per heavy atom. The highest BCUT2D eigenvalue weighted by atomic mass is 35.5. The standard InChI is InChI=1S/C16H22ClN/c1-11(10-12-2-3-12)18-16(13-4-5-13)14-6-8-15(17)9-7-14/h6-9,11-13,16,18H,2-5,10H2,1H3. The van der Waals surface area contributed by atoms with E-state index in [9.17, 15) is 0 Å². The number of benzene rings is 1. The second kappa shape index (κ2) is 5.22. The van der Waals surface area contributed by atoms with Crippen molar-refractivity contribution in [3.8, 4) is 0 Å². The zero-order valence-electron chi connectivity index (χ0n) is 11.0. The second-order valence-corrected chi connectivity index (χ2v) is 6.55. The third-order valence-corrected chi connectivity index (χ3v) is 4.42. The minimum Gasteiger partial charge on any atom is -0.307 e. The molecule has 2 heteroatoms. The van der Waals surface area contributed by atoms with Crippen LogP contribution >= 0.6 is 11.6 Å². The van der Waals surface area contributed by atoms with Gasteiger partial charge in [-0.15, -0.1) is 0 Å². The van der Waals surface area contributed by atoms with Crippen LogP contribution in [0.5, 0.6) is 0 Å². The van der Waals surface area contributed by atoms with Gasteiger partial charge in [-0.2, -0.15) is 0 Å². The lowest BCUT2D eigenvalue weighted by molar-refractivity contribution is 0.392.